The minimum atomic E-state index is -0.288. The molecule has 0 spiro atoms. The van der Waals surface area contributed by atoms with E-state index in [1.807, 2.05) is 24.3 Å². The second-order valence-corrected chi connectivity index (χ2v) is 5.42. The number of imide groups is 1. The average Bonchev–Trinajstić information content (AvgIpc) is 2.61. The number of carbonyl (C=O) groups excluding carboxylic acids is 2. The van der Waals surface area contributed by atoms with Crippen LogP contribution in [0.2, 0.25) is 0 Å². The lowest BCUT2D eigenvalue weighted by atomic mass is 9.94. The number of nitrogens with zero attached hydrogens (tertiary/aromatic N) is 1. The fourth-order valence-corrected chi connectivity index (χ4v) is 2.83. The average molecular weight is 329 g/mol. The van der Waals surface area contributed by atoms with Crippen LogP contribution in [-0.4, -0.2) is 61.4 Å². The molecule has 0 radical (unpaired) electrons. The molecular weight excluding hydrogens is 310 g/mol. The first-order valence-corrected chi connectivity index (χ1v) is 7.88. The quantitative estimate of drug-likeness (QED) is 0.586. The highest BCUT2D eigenvalue weighted by molar-refractivity contribution is 6.25. The monoisotopic (exact) mass is 329 g/mol. The zero-order chi connectivity index (χ0) is 16.9. The van der Waals surface area contributed by atoms with E-state index >= 15 is 0 Å². The van der Waals surface area contributed by atoms with E-state index in [1.54, 1.807) is 12.1 Å². The molecule has 2 amide bonds. The summed E-state index contributed by atoms with van der Waals surface area (Å²) >= 11 is 0. The van der Waals surface area contributed by atoms with Gasteiger partial charge in [-0.05, 0) is 17.5 Å². The van der Waals surface area contributed by atoms with Crippen LogP contribution in [-0.2, 0) is 9.47 Å². The van der Waals surface area contributed by atoms with Gasteiger partial charge in [0.25, 0.3) is 11.8 Å². The van der Waals surface area contributed by atoms with Gasteiger partial charge in [-0.1, -0.05) is 24.3 Å². The molecule has 0 saturated heterocycles. The van der Waals surface area contributed by atoms with Crippen LogP contribution in [0.4, 0.5) is 0 Å². The second-order valence-electron chi connectivity index (χ2n) is 5.42. The molecule has 126 valence electrons. The Bertz CT molecular complexity index is 707. The van der Waals surface area contributed by atoms with Crippen LogP contribution >= 0.6 is 0 Å². The van der Waals surface area contributed by atoms with E-state index < -0.39 is 0 Å². The number of aliphatic hydroxyl groups is 1. The Balaban J connectivity index is 1.67. The lowest BCUT2D eigenvalue weighted by Gasteiger charge is -2.27. The summed E-state index contributed by atoms with van der Waals surface area (Å²) in [6.07, 6.45) is 0. The fraction of sp³-hybridized carbons (Fsp3) is 0.333. The summed E-state index contributed by atoms with van der Waals surface area (Å²) in [5.41, 5.74) is 1.10. The Morgan fingerprint density at radius 1 is 0.833 bits per heavy atom. The van der Waals surface area contributed by atoms with Crippen LogP contribution in [0.25, 0.3) is 10.8 Å². The molecule has 1 aliphatic rings. The van der Waals surface area contributed by atoms with Gasteiger partial charge < -0.3 is 14.6 Å². The highest BCUT2D eigenvalue weighted by Crippen LogP contribution is 2.29. The first-order valence-electron chi connectivity index (χ1n) is 7.88. The van der Waals surface area contributed by atoms with Crippen molar-refractivity contribution in [3.63, 3.8) is 0 Å². The molecule has 0 aliphatic carbocycles. The summed E-state index contributed by atoms with van der Waals surface area (Å²) in [4.78, 5) is 26.5. The number of amides is 2. The number of carbonyl (C=O) groups is 2. The van der Waals surface area contributed by atoms with Gasteiger partial charge in [0.05, 0.1) is 39.6 Å². The molecule has 6 nitrogen and oxygen atoms in total. The largest absolute Gasteiger partial charge is 0.394 e. The standard InChI is InChI=1S/C18H19NO5/c20-8-10-24-12-11-23-9-7-19-17(21)14-5-1-3-13-4-2-6-15(16(13)14)18(19)22/h1-6,20H,7-12H2. The van der Waals surface area contributed by atoms with Gasteiger partial charge in [0.1, 0.15) is 0 Å². The number of benzene rings is 2. The van der Waals surface area contributed by atoms with Crippen LogP contribution < -0.4 is 0 Å². The van der Waals surface area contributed by atoms with Crippen LogP contribution in [0.5, 0.6) is 0 Å². The molecule has 2 aromatic rings. The number of aliphatic hydroxyl groups excluding tert-OH is 1. The van der Waals surface area contributed by atoms with Crippen molar-refractivity contribution in [2.75, 3.05) is 39.6 Å². The molecule has 6 heteroatoms. The highest BCUT2D eigenvalue weighted by atomic mass is 16.5. The van der Waals surface area contributed by atoms with Crippen molar-refractivity contribution in [1.82, 2.24) is 4.90 Å². The highest BCUT2D eigenvalue weighted by Gasteiger charge is 2.32. The third-order valence-electron chi connectivity index (χ3n) is 3.92. The normalized spacial score (nSPS) is 13.8. The van der Waals surface area contributed by atoms with Gasteiger partial charge in [-0.25, -0.2) is 0 Å². The number of rotatable bonds is 8. The maximum Gasteiger partial charge on any atom is 0.261 e. The molecule has 0 bridgehead atoms. The molecule has 1 N–H and O–H groups in total. The van der Waals surface area contributed by atoms with Gasteiger partial charge in [-0.2, -0.15) is 0 Å². The van der Waals surface area contributed by atoms with E-state index in [2.05, 4.69) is 0 Å². The number of ether oxygens (including phenoxy) is 2. The Morgan fingerprint density at radius 2 is 1.42 bits per heavy atom. The van der Waals surface area contributed by atoms with Gasteiger partial charge in [0, 0.05) is 16.5 Å². The predicted octanol–water partition coefficient (Wildman–Crippen LogP) is 1.46. The smallest absolute Gasteiger partial charge is 0.261 e. The summed E-state index contributed by atoms with van der Waals surface area (Å²) in [6, 6.07) is 10.9. The van der Waals surface area contributed by atoms with Crippen LogP contribution in [0.1, 0.15) is 20.7 Å². The molecule has 0 atom stereocenters. The van der Waals surface area contributed by atoms with Gasteiger partial charge in [0.2, 0.25) is 0 Å². The summed E-state index contributed by atoms with van der Waals surface area (Å²) in [7, 11) is 0. The van der Waals surface area contributed by atoms with Gasteiger partial charge >= 0.3 is 0 Å². The first kappa shape index (κ1) is 16.6. The van der Waals surface area contributed by atoms with Gasteiger partial charge in [0.15, 0.2) is 0 Å². The zero-order valence-corrected chi connectivity index (χ0v) is 13.2. The molecule has 0 fully saturated rings. The van der Waals surface area contributed by atoms with E-state index in [-0.39, 0.29) is 38.2 Å². The van der Waals surface area contributed by atoms with Crippen molar-refractivity contribution >= 4 is 22.6 Å². The molecule has 2 aromatic carbocycles. The molecule has 24 heavy (non-hydrogen) atoms. The van der Waals surface area contributed by atoms with E-state index in [0.717, 1.165) is 10.8 Å². The maximum absolute atomic E-state index is 12.6. The summed E-state index contributed by atoms with van der Waals surface area (Å²) in [6.45, 7) is 1.41. The van der Waals surface area contributed by atoms with E-state index in [0.29, 0.717) is 24.3 Å². The van der Waals surface area contributed by atoms with Crippen molar-refractivity contribution in [2.45, 2.75) is 0 Å². The van der Waals surface area contributed by atoms with Crippen molar-refractivity contribution in [1.29, 1.82) is 0 Å². The first-order chi connectivity index (χ1) is 11.7. The molecule has 0 aromatic heterocycles. The third-order valence-corrected chi connectivity index (χ3v) is 3.92. The molecule has 0 unspecified atom stereocenters. The van der Waals surface area contributed by atoms with Crippen LogP contribution in [0.15, 0.2) is 36.4 Å². The summed E-state index contributed by atoms with van der Waals surface area (Å²) < 4.78 is 10.5. The lowest BCUT2D eigenvalue weighted by Crippen LogP contribution is -2.42. The fourth-order valence-electron chi connectivity index (χ4n) is 2.83. The summed E-state index contributed by atoms with van der Waals surface area (Å²) in [5, 5.41) is 10.2. The minimum absolute atomic E-state index is 0.0261. The van der Waals surface area contributed by atoms with Crippen molar-refractivity contribution in [3.8, 4) is 0 Å². The summed E-state index contributed by atoms with van der Waals surface area (Å²) in [5.74, 6) is -0.575. The third kappa shape index (κ3) is 3.17. The molecule has 1 aliphatic heterocycles. The predicted molar refractivity (Wildman–Crippen MR) is 88.0 cm³/mol. The Hall–Kier alpha value is -2.28. The molecule has 0 saturated carbocycles. The number of hydrogen-bond donors (Lipinski definition) is 1. The van der Waals surface area contributed by atoms with Gasteiger partial charge in [-0.3, -0.25) is 14.5 Å². The van der Waals surface area contributed by atoms with E-state index in [4.69, 9.17) is 14.6 Å². The number of hydrogen-bond acceptors (Lipinski definition) is 5. The molecule has 3 rings (SSSR count). The van der Waals surface area contributed by atoms with Crippen LogP contribution in [0.3, 0.4) is 0 Å². The molecular formula is C18H19NO5. The Morgan fingerprint density at radius 3 is 2.00 bits per heavy atom. The maximum atomic E-state index is 12.6. The Kier molecular flexibility index (Phi) is 5.20. The van der Waals surface area contributed by atoms with Crippen molar-refractivity contribution < 1.29 is 24.2 Å². The Labute approximate surface area is 139 Å². The zero-order valence-electron chi connectivity index (χ0n) is 13.2. The van der Waals surface area contributed by atoms with Crippen molar-refractivity contribution in [2.24, 2.45) is 0 Å². The second kappa shape index (κ2) is 7.53. The van der Waals surface area contributed by atoms with E-state index in [1.165, 1.54) is 4.90 Å². The van der Waals surface area contributed by atoms with Gasteiger partial charge in [-0.15, -0.1) is 0 Å². The van der Waals surface area contributed by atoms with Crippen LogP contribution in [0, 0.1) is 0 Å². The minimum Gasteiger partial charge on any atom is -0.394 e. The lowest BCUT2D eigenvalue weighted by molar-refractivity contribution is 0.0248. The topological polar surface area (TPSA) is 76.1 Å². The van der Waals surface area contributed by atoms with Crippen molar-refractivity contribution in [3.05, 3.63) is 47.5 Å². The van der Waals surface area contributed by atoms with E-state index in [9.17, 15) is 9.59 Å². The molecule has 1 heterocycles. The SMILES string of the molecule is O=C1c2cccc3cccc(c23)C(=O)N1CCOCCOCCO.